The van der Waals surface area contributed by atoms with Crippen molar-refractivity contribution < 1.29 is 9.90 Å². The number of aliphatic hydroxyl groups is 1. The number of piperidine rings is 1. The highest BCUT2D eigenvalue weighted by atomic mass is 127. The minimum atomic E-state index is -0.190. The van der Waals surface area contributed by atoms with Gasteiger partial charge in [-0.25, -0.2) is 0 Å². The Labute approximate surface area is 168 Å². The lowest BCUT2D eigenvalue weighted by Gasteiger charge is -2.32. The van der Waals surface area contributed by atoms with E-state index in [1.807, 2.05) is 0 Å². The largest absolute Gasteiger partial charge is 0.393 e. The standard InChI is InChI=1S/C17H33N5O2.HI/c1-3-19-17(20-11-13-5-4-6-15(13)23)21-14-7-9-22(10-8-14)12-16(24)18-2;/h13-15,23H,3-12H2,1-2H3,(H,18,24)(H2,19,20,21);1H. The van der Waals surface area contributed by atoms with Crippen LogP contribution in [0.1, 0.15) is 39.0 Å². The van der Waals surface area contributed by atoms with Gasteiger partial charge in [0.25, 0.3) is 0 Å². The highest BCUT2D eigenvalue weighted by Crippen LogP contribution is 2.25. The molecule has 0 aromatic heterocycles. The Bertz CT molecular complexity index is 427. The molecule has 1 saturated carbocycles. The molecule has 1 aliphatic heterocycles. The lowest BCUT2D eigenvalue weighted by atomic mass is 10.1. The first-order chi connectivity index (χ1) is 11.6. The number of guanidine groups is 1. The average Bonchev–Trinajstić information content (AvgIpc) is 2.99. The van der Waals surface area contributed by atoms with Gasteiger partial charge in [0, 0.05) is 45.2 Å². The van der Waals surface area contributed by atoms with E-state index in [4.69, 9.17) is 0 Å². The monoisotopic (exact) mass is 467 g/mol. The third-order valence-corrected chi connectivity index (χ3v) is 5.02. The zero-order chi connectivity index (χ0) is 17.4. The molecule has 0 aromatic carbocycles. The van der Waals surface area contributed by atoms with Gasteiger partial charge >= 0.3 is 0 Å². The number of carbonyl (C=O) groups is 1. The van der Waals surface area contributed by atoms with Crippen LogP contribution in [0, 0.1) is 5.92 Å². The van der Waals surface area contributed by atoms with Gasteiger partial charge < -0.3 is 21.1 Å². The number of aliphatic imine (C=N–C) groups is 1. The molecule has 4 N–H and O–H groups in total. The van der Waals surface area contributed by atoms with Crippen LogP contribution in [0.2, 0.25) is 0 Å². The van der Waals surface area contributed by atoms with E-state index >= 15 is 0 Å². The molecule has 2 fully saturated rings. The van der Waals surface area contributed by atoms with Crippen LogP contribution in [0.25, 0.3) is 0 Å². The van der Waals surface area contributed by atoms with Gasteiger partial charge in [-0.15, -0.1) is 24.0 Å². The van der Waals surface area contributed by atoms with E-state index in [0.717, 1.165) is 57.7 Å². The molecular formula is C17H34IN5O2. The molecule has 2 rings (SSSR count). The van der Waals surface area contributed by atoms with Crippen LogP contribution in [0.15, 0.2) is 4.99 Å². The number of likely N-dealkylation sites (tertiary alicyclic amines) is 1. The Hall–Kier alpha value is -0.610. The van der Waals surface area contributed by atoms with Gasteiger partial charge in [0.05, 0.1) is 12.6 Å². The lowest BCUT2D eigenvalue weighted by Crippen LogP contribution is -2.50. The molecule has 0 spiro atoms. The first-order valence-corrected chi connectivity index (χ1v) is 9.28. The molecule has 1 saturated heterocycles. The highest BCUT2D eigenvalue weighted by molar-refractivity contribution is 14.0. The first kappa shape index (κ1) is 22.4. The third-order valence-electron chi connectivity index (χ3n) is 5.02. The maximum atomic E-state index is 11.4. The number of hydrogen-bond donors (Lipinski definition) is 4. The first-order valence-electron chi connectivity index (χ1n) is 9.28. The summed E-state index contributed by atoms with van der Waals surface area (Å²) in [6, 6.07) is 0.386. The van der Waals surface area contributed by atoms with Crippen LogP contribution in [0.3, 0.4) is 0 Å². The molecule has 1 amide bonds. The Kier molecular flexibility index (Phi) is 10.7. The second kappa shape index (κ2) is 11.9. The SMILES string of the molecule is CCNC(=NCC1CCCC1O)NC1CCN(CC(=O)NC)CC1.I. The number of amides is 1. The fourth-order valence-corrected chi connectivity index (χ4v) is 3.47. The van der Waals surface area contributed by atoms with Crippen molar-refractivity contribution in [2.75, 3.05) is 39.8 Å². The zero-order valence-electron chi connectivity index (χ0n) is 15.5. The fraction of sp³-hybridized carbons (Fsp3) is 0.882. The fourth-order valence-electron chi connectivity index (χ4n) is 3.47. The second-order valence-electron chi connectivity index (χ2n) is 6.85. The summed E-state index contributed by atoms with van der Waals surface area (Å²) in [7, 11) is 1.68. The van der Waals surface area contributed by atoms with Crippen molar-refractivity contribution in [3.63, 3.8) is 0 Å². The number of nitrogens with one attached hydrogen (secondary N) is 3. The number of likely N-dealkylation sites (N-methyl/N-ethyl adjacent to an activating group) is 1. The van der Waals surface area contributed by atoms with E-state index in [1.165, 1.54) is 0 Å². The lowest BCUT2D eigenvalue weighted by molar-refractivity contribution is -0.122. The molecular weight excluding hydrogens is 433 g/mol. The molecule has 2 atom stereocenters. The van der Waals surface area contributed by atoms with Gasteiger partial charge in [0.2, 0.25) is 5.91 Å². The minimum absolute atomic E-state index is 0. The summed E-state index contributed by atoms with van der Waals surface area (Å²) in [4.78, 5) is 18.3. The van der Waals surface area contributed by atoms with Gasteiger partial charge in [-0.1, -0.05) is 6.42 Å². The van der Waals surface area contributed by atoms with Gasteiger partial charge in [-0.2, -0.15) is 0 Å². The quantitative estimate of drug-likeness (QED) is 0.260. The van der Waals surface area contributed by atoms with Crippen molar-refractivity contribution in [2.45, 2.75) is 51.2 Å². The molecule has 0 aromatic rings. The molecule has 2 unspecified atom stereocenters. The van der Waals surface area contributed by atoms with Crippen LogP contribution < -0.4 is 16.0 Å². The maximum Gasteiger partial charge on any atom is 0.233 e. The highest BCUT2D eigenvalue weighted by Gasteiger charge is 2.25. The van der Waals surface area contributed by atoms with Crippen molar-refractivity contribution in [3.05, 3.63) is 0 Å². The molecule has 2 aliphatic rings. The molecule has 1 aliphatic carbocycles. The van der Waals surface area contributed by atoms with E-state index in [0.29, 0.717) is 25.0 Å². The minimum Gasteiger partial charge on any atom is -0.393 e. The predicted molar refractivity (Wildman–Crippen MR) is 111 cm³/mol. The van der Waals surface area contributed by atoms with Crippen molar-refractivity contribution in [2.24, 2.45) is 10.9 Å². The van der Waals surface area contributed by atoms with Crippen LogP contribution in [-0.4, -0.2) is 73.8 Å². The number of nitrogens with zero attached hydrogens (tertiary/aromatic N) is 2. The smallest absolute Gasteiger partial charge is 0.233 e. The summed E-state index contributed by atoms with van der Waals surface area (Å²) < 4.78 is 0. The molecule has 25 heavy (non-hydrogen) atoms. The Morgan fingerprint density at radius 1 is 1.24 bits per heavy atom. The average molecular weight is 467 g/mol. The van der Waals surface area contributed by atoms with E-state index in [1.54, 1.807) is 7.05 Å². The maximum absolute atomic E-state index is 11.4. The molecule has 0 radical (unpaired) electrons. The van der Waals surface area contributed by atoms with Crippen LogP contribution in [-0.2, 0) is 4.79 Å². The van der Waals surface area contributed by atoms with Crippen molar-refractivity contribution >= 4 is 35.8 Å². The molecule has 8 heteroatoms. The topological polar surface area (TPSA) is 89.0 Å². The summed E-state index contributed by atoms with van der Waals surface area (Å²) in [6.45, 7) is 5.91. The zero-order valence-corrected chi connectivity index (χ0v) is 17.8. The van der Waals surface area contributed by atoms with Crippen molar-refractivity contribution in [1.82, 2.24) is 20.9 Å². The number of aliphatic hydroxyl groups excluding tert-OH is 1. The molecule has 146 valence electrons. The molecule has 7 nitrogen and oxygen atoms in total. The number of hydrogen-bond acceptors (Lipinski definition) is 4. The van der Waals surface area contributed by atoms with E-state index in [9.17, 15) is 9.90 Å². The summed E-state index contributed by atoms with van der Waals surface area (Å²) in [5.41, 5.74) is 0. The van der Waals surface area contributed by atoms with E-state index < -0.39 is 0 Å². The normalized spacial score (nSPS) is 25.3. The second-order valence-corrected chi connectivity index (χ2v) is 6.85. The summed E-state index contributed by atoms with van der Waals surface area (Å²) in [5.74, 6) is 1.22. The van der Waals surface area contributed by atoms with E-state index in [2.05, 4.69) is 32.8 Å². The predicted octanol–water partition coefficient (Wildman–Crippen LogP) is 0.531. The van der Waals surface area contributed by atoms with Gasteiger partial charge in [-0.05, 0) is 32.6 Å². The number of carbonyl (C=O) groups excluding carboxylic acids is 1. The van der Waals surface area contributed by atoms with Crippen LogP contribution in [0.5, 0.6) is 0 Å². The van der Waals surface area contributed by atoms with Gasteiger partial charge in [-0.3, -0.25) is 14.7 Å². The summed E-state index contributed by atoms with van der Waals surface area (Å²) >= 11 is 0. The van der Waals surface area contributed by atoms with Crippen molar-refractivity contribution in [1.29, 1.82) is 0 Å². The van der Waals surface area contributed by atoms with E-state index in [-0.39, 0.29) is 36.0 Å². The van der Waals surface area contributed by atoms with Gasteiger partial charge in [0.15, 0.2) is 5.96 Å². The Morgan fingerprint density at radius 2 is 1.96 bits per heavy atom. The molecule has 1 heterocycles. The number of rotatable bonds is 6. The van der Waals surface area contributed by atoms with Crippen molar-refractivity contribution in [3.8, 4) is 0 Å². The van der Waals surface area contributed by atoms with Crippen LogP contribution in [0.4, 0.5) is 0 Å². The summed E-state index contributed by atoms with van der Waals surface area (Å²) in [6.07, 6.45) is 4.91. The summed E-state index contributed by atoms with van der Waals surface area (Å²) in [5, 5.41) is 19.4. The van der Waals surface area contributed by atoms with Gasteiger partial charge in [0.1, 0.15) is 0 Å². The molecule has 0 bridgehead atoms. The third kappa shape index (κ3) is 7.65. The van der Waals surface area contributed by atoms with Crippen LogP contribution >= 0.6 is 24.0 Å². The Morgan fingerprint density at radius 3 is 2.52 bits per heavy atom. The number of halogens is 1. The Balaban J connectivity index is 0.00000312.